The molecular weight excluding hydrogens is 358 g/mol. The molecule has 1 saturated carbocycles. The summed E-state index contributed by atoms with van der Waals surface area (Å²) in [5, 5.41) is 9.29. The van der Waals surface area contributed by atoms with Crippen LogP contribution < -0.4 is 16.0 Å². The van der Waals surface area contributed by atoms with Gasteiger partial charge in [-0.15, -0.1) is 0 Å². The molecule has 0 aromatic rings. The topological polar surface area (TPSA) is 93.8 Å². The van der Waals surface area contributed by atoms with E-state index in [4.69, 9.17) is 0 Å². The number of carbonyl (C=O) groups excluding carboxylic acids is 3. The number of nitrogens with zero attached hydrogens (tertiary/aromatic N) is 2. The van der Waals surface area contributed by atoms with Crippen molar-refractivity contribution in [3.8, 4) is 0 Å². The zero-order chi connectivity index (χ0) is 19.6. The van der Waals surface area contributed by atoms with Crippen LogP contribution in [0.3, 0.4) is 0 Å². The van der Waals surface area contributed by atoms with Crippen LogP contribution in [0, 0.1) is 5.92 Å². The first-order valence-corrected chi connectivity index (χ1v) is 10.9. The van der Waals surface area contributed by atoms with Crippen molar-refractivity contribution in [3.05, 3.63) is 0 Å². The molecule has 2 unspecified atom stereocenters. The summed E-state index contributed by atoms with van der Waals surface area (Å²) in [7, 11) is 0. The Hall–Kier alpha value is -1.67. The minimum absolute atomic E-state index is 0.0257. The number of hydrogen-bond donors (Lipinski definition) is 3. The number of likely N-dealkylation sites (tertiary alicyclic amines) is 1. The predicted molar refractivity (Wildman–Crippen MR) is 105 cm³/mol. The highest BCUT2D eigenvalue weighted by Gasteiger charge is 2.52. The lowest BCUT2D eigenvalue weighted by Gasteiger charge is -2.33. The number of amides is 4. The van der Waals surface area contributed by atoms with E-state index in [0.29, 0.717) is 25.6 Å². The van der Waals surface area contributed by atoms with Gasteiger partial charge in [0, 0.05) is 26.2 Å². The Balaban J connectivity index is 1.22. The number of urea groups is 1. The molecule has 3 saturated heterocycles. The van der Waals surface area contributed by atoms with Crippen LogP contribution >= 0.6 is 0 Å². The van der Waals surface area contributed by atoms with Gasteiger partial charge in [-0.2, -0.15) is 0 Å². The van der Waals surface area contributed by atoms with Gasteiger partial charge in [0.25, 0.3) is 5.91 Å². The molecule has 3 aliphatic heterocycles. The average molecular weight is 392 g/mol. The van der Waals surface area contributed by atoms with Gasteiger partial charge in [0.1, 0.15) is 5.54 Å². The van der Waals surface area contributed by atoms with Gasteiger partial charge in [0.05, 0.1) is 6.04 Å². The molecule has 28 heavy (non-hydrogen) atoms. The maximum atomic E-state index is 12.8. The standard InChI is InChI=1S/C20H33N5O3/c26-17(16-6-3-9-21-16)22-13-15-5-4-10-24(14-15)11-12-25-18(27)20(23-19(25)28)7-1-2-8-20/h15-16,21H,1-14H2,(H,22,26)(H,23,28). The number of carbonyl (C=O) groups is 3. The molecule has 3 N–H and O–H groups in total. The van der Waals surface area contributed by atoms with Gasteiger partial charge in [-0.3, -0.25) is 14.5 Å². The second-order valence-corrected chi connectivity index (χ2v) is 8.88. The number of rotatable bonds is 6. The summed E-state index contributed by atoms with van der Waals surface area (Å²) in [5.74, 6) is 0.527. The summed E-state index contributed by atoms with van der Waals surface area (Å²) >= 11 is 0. The molecule has 3 heterocycles. The average Bonchev–Trinajstić information content (AvgIpc) is 3.43. The SMILES string of the molecule is O=C(NCC1CCCN(CCN2C(=O)NC3(CCCC3)C2=O)C1)C1CCCN1. The Bertz CT molecular complexity index is 613. The van der Waals surface area contributed by atoms with Crippen molar-refractivity contribution in [1.82, 2.24) is 25.8 Å². The van der Waals surface area contributed by atoms with Gasteiger partial charge in [0.15, 0.2) is 0 Å². The van der Waals surface area contributed by atoms with Crippen LogP contribution in [0.15, 0.2) is 0 Å². The molecule has 1 spiro atoms. The zero-order valence-electron chi connectivity index (χ0n) is 16.7. The van der Waals surface area contributed by atoms with E-state index in [1.54, 1.807) is 0 Å². The molecule has 156 valence electrons. The van der Waals surface area contributed by atoms with Crippen LogP contribution in [-0.2, 0) is 9.59 Å². The van der Waals surface area contributed by atoms with Gasteiger partial charge >= 0.3 is 6.03 Å². The summed E-state index contributed by atoms with van der Waals surface area (Å²) in [4.78, 5) is 41.0. The Morgan fingerprint density at radius 1 is 1.11 bits per heavy atom. The van der Waals surface area contributed by atoms with Crippen molar-refractivity contribution in [2.75, 3.05) is 39.3 Å². The van der Waals surface area contributed by atoms with E-state index in [-0.39, 0.29) is 23.9 Å². The van der Waals surface area contributed by atoms with Crippen LogP contribution in [-0.4, -0.2) is 78.5 Å². The minimum atomic E-state index is -0.611. The lowest BCUT2D eigenvalue weighted by atomic mass is 9.97. The van der Waals surface area contributed by atoms with E-state index in [1.807, 2.05) is 0 Å². The fraction of sp³-hybridized carbons (Fsp3) is 0.850. The van der Waals surface area contributed by atoms with E-state index in [0.717, 1.165) is 71.0 Å². The molecule has 4 aliphatic rings. The highest BCUT2D eigenvalue weighted by molar-refractivity contribution is 6.07. The second kappa shape index (κ2) is 8.37. The quantitative estimate of drug-likeness (QED) is 0.571. The summed E-state index contributed by atoms with van der Waals surface area (Å²) < 4.78 is 0. The monoisotopic (exact) mass is 391 g/mol. The Morgan fingerprint density at radius 2 is 1.93 bits per heavy atom. The molecule has 1 aliphatic carbocycles. The first-order valence-electron chi connectivity index (χ1n) is 10.9. The minimum Gasteiger partial charge on any atom is -0.354 e. The Morgan fingerprint density at radius 3 is 2.68 bits per heavy atom. The predicted octanol–water partition coefficient (Wildman–Crippen LogP) is 0.431. The van der Waals surface area contributed by atoms with Crippen LogP contribution in [0.5, 0.6) is 0 Å². The molecule has 0 bridgehead atoms. The lowest BCUT2D eigenvalue weighted by Crippen LogP contribution is -2.47. The first kappa shape index (κ1) is 19.6. The van der Waals surface area contributed by atoms with Crippen LogP contribution in [0.4, 0.5) is 4.79 Å². The van der Waals surface area contributed by atoms with Crippen molar-refractivity contribution in [1.29, 1.82) is 0 Å². The number of piperidine rings is 1. The highest BCUT2D eigenvalue weighted by atomic mass is 16.2. The van der Waals surface area contributed by atoms with E-state index >= 15 is 0 Å². The smallest absolute Gasteiger partial charge is 0.325 e. The molecule has 4 fully saturated rings. The third-order valence-corrected chi connectivity index (χ3v) is 6.89. The number of nitrogens with one attached hydrogen (secondary N) is 3. The summed E-state index contributed by atoms with van der Waals surface area (Å²) in [6.07, 6.45) is 7.76. The molecular formula is C20H33N5O3. The summed E-state index contributed by atoms with van der Waals surface area (Å²) in [6.45, 7) is 4.71. The molecule has 4 amide bonds. The van der Waals surface area contributed by atoms with Gasteiger partial charge in [-0.05, 0) is 57.5 Å². The molecule has 0 radical (unpaired) electrons. The highest BCUT2D eigenvalue weighted by Crippen LogP contribution is 2.35. The summed E-state index contributed by atoms with van der Waals surface area (Å²) in [5.41, 5.74) is -0.611. The fourth-order valence-electron chi connectivity index (χ4n) is 5.24. The molecule has 0 aromatic carbocycles. The molecule has 8 heteroatoms. The number of hydrogen-bond acceptors (Lipinski definition) is 5. The zero-order valence-corrected chi connectivity index (χ0v) is 16.7. The largest absolute Gasteiger partial charge is 0.354 e. The van der Waals surface area contributed by atoms with Crippen LogP contribution in [0.1, 0.15) is 51.4 Å². The van der Waals surface area contributed by atoms with Crippen molar-refractivity contribution in [2.45, 2.75) is 62.9 Å². The first-order chi connectivity index (χ1) is 13.6. The number of imide groups is 1. The lowest BCUT2D eigenvalue weighted by molar-refractivity contribution is -0.131. The normalized spacial score (nSPS) is 30.2. The fourth-order valence-corrected chi connectivity index (χ4v) is 5.24. The van der Waals surface area contributed by atoms with Gasteiger partial charge in [-0.25, -0.2) is 4.79 Å². The van der Waals surface area contributed by atoms with Crippen molar-refractivity contribution in [2.24, 2.45) is 5.92 Å². The van der Waals surface area contributed by atoms with E-state index in [9.17, 15) is 14.4 Å². The molecule has 0 aromatic heterocycles. The van der Waals surface area contributed by atoms with E-state index in [1.165, 1.54) is 4.90 Å². The Kier molecular flexibility index (Phi) is 5.87. The molecule has 8 nitrogen and oxygen atoms in total. The van der Waals surface area contributed by atoms with Crippen LogP contribution in [0.25, 0.3) is 0 Å². The molecule has 2 atom stereocenters. The third kappa shape index (κ3) is 4.03. The maximum Gasteiger partial charge on any atom is 0.325 e. The van der Waals surface area contributed by atoms with Crippen molar-refractivity contribution in [3.63, 3.8) is 0 Å². The van der Waals surface area contributed by atoms with Gasteiger partial charge < -0.3 is 20.9 Å². The van der Waals surface area contributed by atoms with Crippen molar-refractivity contribution < 1.29 is 14.4 Å². The van der Waals surface area contributed by atoms with Gasteiger partial charge in [-0.1, -0.05) is 12.8 Å². The van der Waals surface area contributed by atoms with Crippen molar-refractivity contribution >= 4 is 17.8 Å². The second-order valence-electron chi connectivity index (χ2n) is 8.88. The van der Waals surface area contributed by atoms with Gasteiger partial charge in [0.2, 0.25) is 5.91 Å². The maximum absolute atomic E-state index is 12.8. The van der Waals surface area contributed by atoms with Crippen LogP contribution in [0.2, 0.25) is 0 Å². The van der Waals surface area contributed by atoms with E-state index in [2.05, 4.69) is 20.9 Å². The van der Waals surface area contributed by atoms with E-state index < -0.39 is 5.54 Å². The summed E-state index contributed by atoms with van der Waals surface area (Å²) in [6, 6.07) is -0.251. The third-order valence-electron chi connectivity index (χ3n) is 6.89. The Labute approximate surface area is 166 Å². The molecule has 4 rings (SSSR count).